The Morgan fingerprint density at radius 2 is 0.701 bits per heavy atom. The highest BCUT2D eigenvalue weighted by molar-refractivity contribution is 7.47. The van der Waals surface area contributed by atoms with E-state index in [4.69, 9.17) is 9.05 Å². The van der Waals surface area contributed by atoms with Crippen molar-refractivity contribution in [2.75, 3.05) is 40.9 Å². The molecule has 9 heteroatoms. The maximum atomic E-state index is 13.0. The van der Waals surface area contributed by atoms with Crippen molar-refractivity contribution in [1.82, 2.24) is 5.32 Å². The summed E-state index contributed by atoms with van der Waals surface area (Å²) in [6, 6.07) is -0.894. The molecular weight excluding hydrogens is 1090 g/mol. The van der Waals surface area contributed by atoms with E-state index in [1.165, 1.54) is 148 Å². The SMILES string of the molecule is CC/C=C\C/C=C\C/C=C\C/C=C\C/C=C\C/C=C\C/C=C\C/C=C\C/C=C\CCCCCCCC(=O)NC(COP(=O)(O)OCC[N+](C)(C)C)C(O)/C=C/CC/C=C/CC/C=C/CCCCCCCCCCCCCCCCCCCCCCCC. The van der Waals surface area contributed by atoms with E-state index in [2.05, 4.69) is 153 Å². The third-order valence-electron chi connectivity index (χ3n) is 15.3. The number of allylic oxidation sites excluding steroid dienone is 23. The number of hydrogen-bond acceptors (Lipinski definition) is 5. The molecule has 87 heavy (non-hydrogen) atoms. The molecule has 3 atom stereocenters. The lowest BCUT2D eigenvalue weighted by molar-refractivity contribution is -0.870. The smallest absolute Gasteiger partial charge is 0.387 e. The molecule has 1 amide bonds. The Hall–Kier alpha value is -3.62. The molecule has 0 saturated heterocycles. The Bertz CT molecular complexity index is 1930. The second-order valence-corrected chi connectivity index (χ2v) is 26.3. The van der Waals surface area contributed by atoms with Gasteiger partial charge in [-0.05, 0) is 116 Å². The van der Waals surface area contributed by atoms with Gasteiger partial charge in [-0.15, -0.1) is 0 Å². The number of phosphoric ester groups is 1. The molecule has 0 aromatic carbocycles. The van der Waals surface area contributed by atoms with Crippen LogP contribution in [0.5, 0.6) is 0 Å². The van der Waals surface area contributed by atoms with Crippen molar-refractivity contribution in [2.45, 2.75) is 302 Å². The van der Waals surface area contributed by atoms with Crippen LogP contribution in [0.2, 0.25) is 0 Å². The van der Waals surface area contributed by atoms with Gasteiger partial charge in [-0.2, -0.15) is 0 Å². The Balaban J connectivity index is 4.24. The largest absolute Gasteiger partial charge is 0.472 e. The van der Waals surface area contributed by atoms with Crippen molar-refractivity contribution in [3.05, 3.63) is 146 Å². The summed E-state index contributed by atoms with van der Waals surface area (Å²) in [7, 11) is 1.51. The maximum absolute atomic E-state index is 13.0. The number of nitrogens with zero attached hydrogens (tertiary/aromatic N) is 1. The van der Waals surface area contributed by atoms with Crippen molar-refractivity contribution in [3.8, 4) is 0 Å². The Morgan fingerprint density at radius 3 is 1.06 bits per heavy atom. The minimum Gasteiger partial charge on any atom is -0.387 e. The minimum absolute atomic E-state index is 0.0413. The lowest BCUT2D eigenvalue weighted by atomic mass is 10.0. The summed E-state index contributed by atoms with van der Waals surface area (Å²) in [5, 5.41) is 14.0. The third-order valence-corrected chi connectivity index (χ3v) is 16.3. The van der Waals surface area contributed by atoms with E-state index >= 15 is 0 Å². The number of unbranched alkanes of at least 4 members (excludes halogenated alkanes) is 29. The summed E-state index contributed by atoms with van der Waals surface area (Å²) >= 11 is 0. The fourth-order valence-electron chi connectivity index (χ4n) is 9.77. The first-order valence-corrected chi connectivity index (χ1v) is 37.2. The average molecular weight is 1230 g/mol. The Morgan fingerprint density at radius 1 is 0.402 bits per heavy atom. The lowest BCUT2D eigenvalue weighted by Crippen LogP contribution is -2.45. The molecule has 0 aliphatic rings. The molecule has 0 spiro atoms. The van der Waals surface area contributed by atoms with Crippen molar-refractivity contribution in [1.29, 1.82) is 0 Å². The van der Waals surface area contributed by atoms with Gasteiger partial charge in [0.25, 0.3) is 0 Å². The van der Waals surface area contributed by atoms with E-state index in [1.54, 1.807) is 6.08 Å². The zero-order valence-corrected chi connectivity index (χ0v) is 57.9. The molecular formula is C78H136N2O6P+. The van der Waals surface area contributed by atoms with Crippen LogP contribution in [0, 0.1) is 0 Å². The van der Waals surface area contributed by atoms with E-state index in [9.17, 15) is 19.4 Å². The fourth-order valence-corrected chi connectivity index (χ4v) is 10.5. The van der Waals surface area contributed by atoms with Crippen molar-refractivity contribution in [2.24, 2.45) is 0 Å². The molecule has 0 bridgehead atoms. The van der Waals surface area contributed by atoms with Gasteiger partial charge >= 0.3 is 7.82 Å². The molecule has 0 radical (unpaired) electrons. The highest BCUT2D eigenvalue weighted by atomic mass is 31.2. The summed E-state index contributed by atoms with van der Waals surface area (Å²) < 4.78 is 23.8. The highest BCUT2D eigenvalue weighted by Gasteiger charge is 2.28. The number of rotatable bonds is 64. The number of likely N-dealkylation sites (N-methyl/N-ethyl adjacent to an activating group) is 1. The number of carbonyl (C=O) groups excluding carboxylic acids is 1. The first-order valence-electron chi connectivity index (χ1n) is 35.7. The summed E-state index contributed by atoms with van der Waals surface area (Å²) in [6.07, 6.45) is 103. The van der Waals surface area contributed by atoms with Gasteiger partial charge < -0.3 is 19.8 Å². The predicted molar refractivity (Wildman–Crippen MR) is 382 cm³/mol. The zero-order valence-electron chi connectivity index (χ0n) is 57.0. The van der Waals surface area contributed by atoms with Gasteiger partial charge in [-0.3, -0.25) is 13.8 Å². The van der Waals surface area contributed by atoms with Gasteiger partial charge in [-0.1, -0.05) is 314 Å². The second kappa shape index (κ2) is 66.8. The monoisotopic (exact) mass is 1230 g/mol. The first kappa shape index (κ1) is 83.4. The fraction of sp³-hybridized carbons (Fsp3) is 0.679. The van der Waals surface area contributed by atoms with Gasteiger partial charge in [0.2, 0.25) is 5.91 Å². The lowest BCUT2D eigenvalue weighted by Gasteiger charge is -2.25. The van der Waals surface area contributed by atoms with E-state index < -0.39 is 20.0 Å². The molecule has 3 N–H and O–H groups in total. The van der Waals surface area contributed by atoms with Gasteiger partial charge in [0.15, 0.2) is 0 Å². The maximum Gasteiger partial charge on any atom is 0.472 e. The van der Waals surface area contributed by atoms with Crippen molar-refractivity contribution < 1.29 is 32.9 Å². The second-order valence-electron chi connectivity index (χ2n) is 24.9. The van der Waals surface area contributed by atoms with Crippen LogP contribution in [-0.4, -0.2) is 73.4 Å². The molecule has 0 aliphatic carbocycles. The number of quaternary nitrogens is 1. The Labute approximate surface area is 538 Å². The Kier molecular flexibility index (Phi) is 64.0. The van der Waals surface area contributed by atoms with Crippen LogP contribution < -0.4 is 5.32 Å². The third kappa shape index (κ3) is 69.7. The van der Waals surface area contributed by atoms with E-state index in [-0.39, 0.29) is 19.1 Å². The van der Waals surface area contributed by atoms with Crippen LogP contribution in [0.3, 0.4) is 0 Å². The van der Waals surface area contributed by atoms with Crippen LogP contribution in [-0.2, 0) is 18.4 Å². The number of nitrogens with one attached hydrogen (secondary N) is 1. The van der Waals surface area contributed by atoms with Gasteiger partial charge in [0.1, 0.15) is 13.2 Å². The normalized spacial score (nSPS) is 14.5. The molecule has 498 valence electrons. The van der Waals surface area contributed by atoms with Crippen LogP contribution in [0.1, 0.15) is 290 Å². The number of aliphatic hydroxyl groups is 1. The standard InChI is InChI=1S/C78H135N2O6P/c1-6-8-10-12-14-16-18-20-22-24-26-28-30-32-34-36-38-40-42-44-46-48-50-52-54-56-58-60-62-64-66-68-70-72-78(82)79-76(75-86-87(83,84)85-74-73-80(3,4)5)77(81)71-69-67-65-63-61-59-57-55-53-51-49-47-45-43-41-39-37-35-33-31-29-27-25-23-21-19-17-15-13-11-9-7-2/h8,10,14,16,20,22,26,28,32,34,38,40,44,46,50,52-53,55-56,58,61,63,69,71,76-77,81H,6-7,9,11-13,15,17-19,21,23-25,27,29-31,33,35-37,39,41-43,45,47-49,51,54,57,59-60,62,64-68,70,72-75H2,1-5H3,(H-,79,82,83,84)/p+1/b10-8-,16-14-,22-20-,28-26-,34-32-,40-38-,46-44-,52-50-,55-53+,58-56-,63-61+,71-69+. The first-order chi connectivity index (χ1) is 42.5. The van der Waals surface area contributed by atoms with E-state index in [0.29, 0.717) is 17.4 Å². The predicted octanol–water partition coefficient (Wildman–Crippen LogP) is 23.2. The molecule has 0 fully saturated rings. The van der Waals surface area contributed by atoms with E-state index in [1.807, 2.05) is 27.2 Å². The molecule has 0 aromatic rings. The molecule has 0 heterocycles. The molecule has 0 aromatic heterocycles. The highest BCUT2D eigenvalue weighted by Crippen LogP contribution is 2.43. The van der Waals surface area contributed by atoms with Crippen LogP contribution in [0.15, 0.2) is 146 Å². The number of amides is 1. The molecule has 0 saturated carbocycles. The van der Waals surface area contributed by atoms with Crippen LogP contribution >= 0.6 is 7.82 Å². The summed E-state index contributed by atoms with van der Waals surface area (Å²) in [4.78, 5) is 23.4. The van der Waals surface area contributed by atoms with Gasteiger partial charge in [-0.25, -0.2) is 4.57 Å². The number of phosphoric acid groups is 1. The number of aliphatic hydroxyl groups excluding tert-OH is 1. The van der Waals surface area contributed by atoms with Crippen molar-refractivity contribution >= 4 is 13.7 Å². The summed E-state index contributed by atoms with van der Waals surface area (Å²) in [5.74, 6) is -0.214. The van der Waals surface area contributed by atoms with Gasteiger partial charge in [0, 0.05) is 6.42 Å². The average Bonchev–Trinajstić information content (AvgIpc) is 3.71. The molecule has 0 aliphatic heterocycles. The van der Waals surface area contributed by atoms with Crippen LogP contribution in [0.4, 0.5) is 0 Å². The topological polar surface area (TPSA) is 105 Å². The summed E-state index contributed by atoms with van der Waals surface area (Å²) in [6.45, 7) is 4.67. The molecule has 0 rings (SSSR count). The zero-order chi connectivity index (χ0) is 63.4. The van der Waals surface area contributed by atoms with E-state index in [0.717, 1.165) is 122 Å². The molecule has 3 unspecified atom stereocenters. The minimum atomic E-state index is -4.38. The number of carbonyl (C=O) groups is 1. The van der Waals surface area contributed by atoms with Gasteiger partial charge in [0.05, 0.1) is 39.9 Å². The summed E-state index contributed by atoms with van der Waals surface area (Å²) in [5.41, 5.74) is 0. The van der Waals surface area contributed by atoms with Crippen molar-refractivity contribution in [3.63, 3.8) is 0 Å². The molecule has 8 nitrogen and oxygen atoms in total. The quantitative estimate of drug-likeness (QED) is 0.0243. The number of hydrogen-bond donors (Lipinski definition) is 3. The van der Waals surface area contributed by atoms with Crippen LogP contribution in [0.25, 0.3) is 0 Å².